The van der Waals surface area contributed by atoms with Gasteiger partial charge in [-0.3, -0.25) is 0 Å². The van der Waals surface area contributed by atoms with Crippen molar-refractivity contribution >= 4 is 15.9 Å². The van der Waals surface area contributed by atoms with Gasteiger partial charge >= 0.3 is 0 Å². The zero-order valence-electron chi connectivity index (χ0n) is 12.4. The Morgan fingerprint density at radius 2 is 1.76 bits per heavy atom. The second kappa shape index (κ2) is 6.58. The van der Waals surface area contributed by atoms with Gasteiger partial charge in [0.25, 0.3) is 0 Å². The molecule has 0 fully saturated rings. The molecule has 0 saturated heterocycles. The smallest absolute Gasteiger partial charge is 0.166 e. The van der Waals surface area contributed by atoms with Gasteiger partial charge in [0.05, 0.1) is 0 Å². The van der Waals surface area contributed by atoms with Crippen LogP contribution in [0.4, 0.5) is 4.39 Å². The van der Waals surface area contributed by atoms with Crippen molar-refractivity contribution in [2.24, 2.45) is 0 Å². The van der Waals surface area contributed by atoms with Crippen LogP contribution in [0.2, 0.25) is 0 Å². The van der Waals surface area contributed by atoms with Crippen LogP contribution in [0.25, 0.3) is 0 Å². The van der Waals surface area contributed by atoms with E-state index in [1.54, 1.807) is 18.2 Å². The molecule has 21 heavy (non-hydrogen) atoms. The summed E-state index contributed by atoms with van der Waals surface area (Å²) in [6.45, 7) is 6.86. The molecular formula is C17H19BrFNO. The molecule has 2 rings (SSSR count). The highest BCUT2D eigenvalue weighted by atomic mass is 79.9. The molecule has 2 aromatic rings. The lowest BCUT2D eigenvalue weighted by Gasteiger charge is -2.20. The van der Waals surface area contributed by atoms with Gasteiger partial charge in [0.1, 0.15) is 5.75 Å². The monoisotopic (exact) mass is 351 g/mol. The summed E-state index contributed by atoms with van der Waals surface area (Å²) in [5, 5.41) is 3.33. The maximum atomic E-state index is 14.1. The van der Waals surface area contributed by atoms with Crippen molar-refractivity contribution < 1.29 is 9.13 Å². The Morgan fingerprint density at radius 3 is 2.33 bits per heavy atom. The second-order valence-corrected chi connectivity index (χ2v) is 6.84. The van der Waals surface area contributed by atoms with Gasteiger partial charge in [0.2, 0.25) is 0 Å². The predicted octanol–water partition coefficient (Wildman–Crippen LogP) is 5.27. The highest BCUT2D eigenvalue weighted by molar-refractivity contribution is 9.10. The fraction of sp³-hybridized carbons (Fsp3) is 0.294. The normalized spacial score (nSPS) is 11.5. The quantitative estimate of drug-likeness (QED) is 0.810. The SMILES string of the molecule is CC(C)(C)NCc1ccc(Oc2ccc(Br)cc2)c(F)c1. The van der Waals surface area contributed by atoms with Gasteiger partial charge in [-0.25, -0.2) is 4.39 Å². The second-order valence-electron chi connectivity index (χ2n) is 5.92. The molecule has 0 unspecified atom stereocenters. The van der Waals surface area contributed by atoms with Crippen LogP contribution in [0, 0.1) is 5.82 Å². The first-order valence-corrected chi connectivity index (χ1v) is 7.60. The molecule has 0 heterocycles. The van der Waals surface area contributed by atoms with E-state index in [0.29, 0.717) is 12.3 Å². The molecular weight excluding hydrogens is 333 g/mol. The summed E-state index contributed by atoms with van der Waals surface area (Å²) in [5.74, 6) is 0.487. The number of benzene rings is 2. The summed E-state index contributed by atoms with van der Waals surface area (Å²) in [7, 11) is 0. The largest absolute Gasteiger partial charge is 0.454 e. The van der Waals surface area contributed by atoms with E-state index >= 15 is 0 Å². The summed E-state index contributed by atoms with van der Waals surface area (Å²) < 4.78 is 20.6. The van der Waals surface area contributed by atoms with Crippen molar-refractivity contribution in [3.63, 3.8) is 0 Å². The van der Waals surface area contributed by atoms with Gasteiger partial charge in [-0.2, -0.15) is 0 Å². The number of hydrogen-bond acceptors (Lipinski definition) is 2. The first-order valence-electron chi connectivity index (χ1n) is 6.80. The molecule has 2 aromatic carbocycles. The Bertz CT molecular complexity index is 605. The molecule has 0 aromatic heterocycles. The van der Waals surface area contributed by atoms with Crippen LogP contribution in [-0.4, -0.2) is 5.54 Å². The van der Waals surface area contributed by atoms with Gasteiger partial charge in [-0.15, -0.1) is 0 Å². The van der Waals surface area contributed by atoms with E-state index in [2.05, 4.69) is 42.0 Å². The Kier molecular flexibility index (Phi) is 5.01. The van der Waals surface area contributed by atoms with Crippen molar-refractivity contribution in [2.75, 3.05) is 0 Å². The van der Waals surface area contributed by atoms with E-state index in [-0.39, 0.29) is 17.1 Å². The average molecular weight is 352 g/mol. The minimum atomic E-state index is -0.355. The van der Waals surface area contributed by atoms with Crippen LogP contribution >= 0.6 is 15.9 Å². The zero-order valence-corrected chi connectivity index (χ0v) is 14.0. The fourth-order valence-electron chi connectivity index (χ4n) is 1.73. The van der Waals surface area contributed by atoms with Crippen molar-refractivity contribution in [2.45, 2.75) is 32.9 Å². The van der Waals surface area contributed by atoms with E-state index < -0.39 is 0 Å². The molecule has 0 radical (unpaired) electrons. The maximum Gasteiger partial charge on any atom is 0.166 e. The molecule has 0 aliphatic carbocycles. The highest BCUT2D eigenvalue weighted by Crippen LogP contribution is 2.26. The lowest BCUT2D eigenvalue weighted by molar-refractivity contribution is 0.420. The van der Waals surface area contributed by atoms with E-state index in [1.807, 2.05) is 18.2 Å². The third-order valence-corrected chi connectivity index (χ3v) is 3.39. The number of rotatable bonds is 4. The molecule has 0 atom stereocenters. The maximum absolute atomic E-state index is 14.1. The average Bonchev–Trinajstić information content (AvgIpc) is 2.41. The number of nitrogens with one attached hydrogen (secondary N) is 1. The Morgan fingerprint density at radius 1 is 1.10 bits per heavy atom. The van der Waals surface area contributed by atoms with Gasteiger partial charge < -0.3 is 10.1 Å². The van der Waals surface area contributed by atoms with Crippen LogP contribution in [0.3, 0.4) is 0 Å². The van der Waals surface area contributed by atoms with Crippen molar-refractivity contribution in [3.8, 4) is 11.5 Å². The summed E-state index contributed by atoms with van der Waals surface area (Å²) in [4.78, 5) is 0. The topological polar surface area (TPSA) is 21.3 Å². The minimum Gasteiger partial charge on any atom is -0.454 e. The molecule has 0 spiro atoms. The van der Waals surface area contributed by atoms with Gasteiger partial charge in [-0.1, -0.05) is 22.0 Å². The molecule has 1 N–H and O–H groups in total. The van der Waals surface area contributed by atoms with Crippen molar-refractivity contribution in [3.05, 3.63) is 58.3 Å². The number of hydrogen-bond donors (Lipinski definition) is 1. The molecule has 4 heteroatoms. The van der Waals surface area contributed by atoms with Gasteiger partial charge in [0, 0.05) is 16.6 Å². The Hall–Kier alpha value is -1.39. The summed E-state index contributed by atoms with van der Waals surface area (Å²) >= 11 is 3.35. The van der Waals surface area contributed by atoms with Crippen LogP contribution in [0.5, 0.6) is 11.5 Å². The summed E-state index contributed by atoms with van der Waals surface area (Å²) in [6.07, 6.45) is 0. The Balaban J connectivity index is 2.07. The first kappa shape index (κ1) is 16.0. The molecule has 0 aliphatic heterocycles. The lowest BCUT2D eigenvalue weighted by Crippen LogP contribution is -2.35. The minimum absolute atomic E-state index is 0.00305. The standard InChI is InChI=1S/C17H19BrFNO/c1-17(2,3)20-11-12-4-9-16(15(19)10-12)21-14-7-5-13(18)6-8-14/h4-10,20H,11H2,1-3H3. The van der Waals surface area contributed by atoms with Crippen LogP contribution in [0.15, 0.2) is 46.9 Å². The predicted molar refractivity (Wildman–Crippen MR) is 87.2 cm³/mol. The summed E-state index contributed by atoms with van der Waals surface area (Å²) in [6, 6.07) is 12.3. The van der Waals surface area contributed by atoms with E-state index in [9.17, 15) is 4.39 Å². The molecule has 0 bridgehead atoms. The van der Waals surface area contributed by atoms with E-state index in [4.69, 9.17) is 4.74 Å². The fourth-order valence-corrected chi connectivity index (χ4v) is 2.00. The summed E-state index contributed by atoms with van der Waals surface area (Å²) in [5.41, 5.74) is 0.897. The third-order valence-electron chi connectivity index (χ3n) is 2.86. The molecule has 2 nitrogen and oxygen atoms in total. The number of ether oxygens (including phenoxy) is 1. The van der Waals surface area contributed by atoms with Gasteiger partial charge in [0.15, 0.2) is 11.6 Å². The van der Waals surface area contributed by atoms with E-state index in [0.717, 1.165) is 10.0 Å². The lowest BCUT2D eigenvalue weighted by atomic mass is 10.1. The zero-order chi connectivity index (χ0) is 15.5. The first-order chi connectivity index (χ1) is 9.83. The van der Waals surface area contributed by atoms with Crippen molar-refractivity contribution in [1.82, 2.24) is 5.32 Å². The highest BCUT2D eigenvalue weighted by Gasteiger charge is 2.10. The van der Waals surface area contributed by atoms with Gasteiger partial charge in [-0.05, 0) is 62.7 Å². The van der Waals surface area contributed by atoms with Crippen LogP contribution in [0.1, 0.15) is 26.3 Å². The molecule has 112 valence electrons. The Labute approximate surface area is 133 Å². The van der Waals surface area contributed by atoms with Crippen molar-refractivity contribution in [1.29, 1.82) is 0 Å². The molecule has 0 saturated carbocycles. The van der Waals surface area contributed by atoms with E-state index in [1.165, 1.54) is 6.07 Å². The number of halogens is 2. The van der Waals surface area contributed by atoms with Crippen LogP contribution < -0.4 is 10.1 Å². The molecule has 0 amide bonds. The van der Waals surface area contributed by atoms with Crippen LogP contribution in [-0.2, 0) is 6.54 Å². The third kappa shape index (κ3) is 5.14. The molecule has 0 aliphatic rings.